The molecule has 136 valence electrons. The highest BCUT2D eigenvalue weighted by Crippen LogP contribution is 2.21. The summed E-state index contributed by atoms with van der Waals surface area (Å²) in [7, 11) is 0. The fraction of sp³-hybridized carbons (Fsp3) is 0.500. The van der Waals surface area contributed by atoms with Gasteiger partial charge in [-0.15, -0.1) is 0 Å². The summed E-state index contributed by atoms with van der Waals surface area (Å²) in [6.45, 7) is 5.86. The van der Waals surface area contributed by atoms with E-state index in [1.165, 1.54) is 13.8 Å². The standard InChI is InChI=1S/C18H23ClN2O4/c1-11-6-7-15(19)9-16(11)20-17(23)12(2)25-18(24)14-5-4-8-21(10-14)13(3)22/h6-7,9,12,14H,4-5,8,10H2,1-3H3,(H,20,23)/t12-,14-/m1/s1. The lowest BCUT2D eigenvalue weighted by Crippen LogP contribution is -2.43. The molecule has 25 heavy (non-hydrogen) atoms. The molecule has 0 aliphatic carbocycles. The summed E-state index contributed by atoms with van der Waals surface area (Å²) in [4.78, 5) is 37.7. The van der Waals surface area contributed by atoms with Crippen molar-refractivity contribution in [2.75, 3.05) is 18.4 Å². The van der Waals surface area contributed by atoms with Crippen molar-refractivity contribution < 1.29 is 19.1 Å². The number of nitrogens with one attached hydrogen (secondary N) is 1. The Morgan fingerprint density at radius 2 is 2.08 bits per heavy atom. The molecule has 6 nitrogen and oxygen atoms in total. The largest absolute Gasteiger partial charge is 0.452 e. The highest BCUT2D eigenvalue weighted by atomic mass is 35.5. The first kappa shape index (κ1) is 19.2. The molecule has 1 N–H and O–H groups in total. The molecule has 1 saturated heterocycles. The summed E-state index contributed by atoms with van der Waals surface area (Å²) in [6, 6.07) is 5.18. The molecular weight excluding hydrogens is 344 g/mol. The van der Waals surface area contributed by atoms with Gasteiger partial charge in [-0.25, -0.2) is 0 Å². The Morgan fingerprint density at radius 3 is 2.76 bits per heavy atom. The SMILES string of the molecule is CC(=O)N1CCC[C@@H](C(=O)O[C@H](C)C(=O)Nc2cc(Cl)ccc2C)C1. The van der Waals surface area contributed by atoms with Crippen molar-refractivity contribution in [2.24, 2.45) is 5.92 Å². The quantitative estimate of drug-likeness (QED) is 0.831. The number of carbonyl (C=O) groups is 3. The van der Waals surface area contributed by atoms with E-state index < -0.39 is 18.0 Å². The number of hydrogen-bond acceptors (Lipinski definition) is 4. The van der Waals surface area contributed by atoms with Crippen LogP contribution in [0.2, 0.25) is 5.02 Å². The van der Waals surface area contributed by atoms with Gasteiger partial charge in [0.1, 0.15) is 0 Å². The first-order chi connectivity index (χ1) is 11.8. The van der Waals surface area contributed by atoms with Gasteiger partial charge in [0.05, 0.1) is 5.92 Å². The molecular formula is C18H23ClN2O4. The van der Waals surface area contributed by atoms with E-state index in [1.807, 2.05) is 6.92 Å². The number of piperidine rings is 1. The molecule has 1 fully saturated rings. The number of ether oxygens (including phenoxy) is 1. The van der Waals surface area contributed by atoms with Gasteiger partial charge in [0, 0.05) is 30.7 Å². The van der Waals surface area contributed by atoms with Crippen molar-refractivity contribution in [1.29, 1.82) is 0 Å². The first-order valence-electron chi connectivity index (χ1n) is 8.31. The fourth-order valence-corrected chi connectivity index (χ4v) is 2.91. The smallest absolute Gasteiger partial charge is 0.311 e. The topological polar surface area (TPSA) is 75.7 Å². The van der Waals surface area contributed by atoms with Crippen LogP contribution in [0.15, 0.2) is 18.2 Å². The third-order valence-corrected chi connectivity index (χ3v) is 4.55. The summed E-state index contributed by atoms with van der Waals surface area (Å²) in [5.41, 5.74) is 1.45. The molecule has 0 bridgehead atoms. The Balaban J connectivity index is 1.93. The molecule has 1 aromatic carbocycles. The molecule has 1 aliphatic heterocycles. The molecule has 0 radical (unpaired) electrons. The Hall–Kier alpha value is -2.08. The number of amides is 2. The van der Waals surface area contributed by atoms with E-state index in [4.69, 9.17) is 16.3 Å². The number of anilines is 1. The van der Waals surface area contributed by atoms with Crippen LogP contribution in [0.4, 0.5) is 5.69 Å². The van der Waals surface area contributed by atoms with E-state index in [-0.39, 0.29) is 11.8 Å². The maximum absolute atomic E-state index is 12.3. The number of rotatable bonds is 4. The second kappa shape index (κ2) is 8.34. The van der Waals surface area contributed by atoms with Crippen LogP contribution in [0.5, 0.6) is 0 Å². The summed E-state index contributed by atoms with van der Waals surface area (Å²) in [5.74, 6) is -1.31. The molecule has 1 aromatic rings. The van der Waals surface area contributed by atoms with Gasteiger partial charge in [-0.1, -0.05) is 17.7 Å². The van der Waals surface area contributed by atoms with Gasteiger partial charge in [0.25, 0.3) is 5.91 Å². The lowest BCUT2D eigenvalue weighted by Gasteiger charge is -2.31. The highest BCUT2D eigenvalue weighted by Gasteiger charge is 2.30. The molecule has 0 saturated carbocycles. The number of nitrogens with zero attached hydrogens (tertiary/aromatic N) is 1. The maximum atomic E-state index is 12.3. The lowest BCUT2D eigenvalue weighted by molar-refractivity contribution is -0.159. The van der Waals surface area contributed by atoms with Gasteiger partial charge in [-0.2, -0.15) is 0 Å². The first-order valence-corrected chi connectivity index (χ1v) is 8.68. The van der Waals surface area contributed by atoms with E-state index in [1.54, 1.807) is 23.1 Å². The zero-order chi connectivity index (χ0) is 18.6. The van der Waals surface area contributed by atoms with E-state index >= 15 is 0 Å². The van der Waals surface area contributed by atoms with E-state index in [2.05, 4.69) is 5.32 Å². The normalized spacial score (nSPS) is 18.4. The van der Waals surface area contributed by atoms with Gasteiger partial charge in [-0.05, 0) is 44.4 Å². The van der Waals surface area contributed by atoms with Crippen molar-refractivity contribution in [1.82, 2.24) is 4.90 Å². The number of benzene rings is 1. The Kier molecular flexibility index (Phi) is 6.42. The Morgan fingerprint density at radius 1 is 1.36 bits per heavy atom. The minimum absolute atomic E-state index is 0.0558. The molecule has 0 aromatic heterocycles. The third-order valence-electron chi connectivity index (χ3n) is 4.32. The van der Waals surface area contributed by atoms with Crippen molar-refractivity contribution in [3.05, 3.63) is 28.8 Å². The molecule has 0 spiro atoms. The zero-order valence-electron chi connectivity index (χ0n) is 14.7. The fourth-order valence-electron chi connectivity index (χ4n) is 2.74. The third kappa shape index (κ3) is 5.19. The zero-order valence-corrected chi connectivity index (χ0v) is 15.4. The Labute approximate surface area is 152 Å². The Bertz CT molecular complexity index is 677. The van der Waals surface area contributed by atoms with E-state index in [0.717, 1.165) is 12.0 Å². The summed E-state index contributed by atoms with van der Waals surface area (Å²) < 4.78 is 5.30. The van der Waals surface area contributed by atoms with Crippen LogP contribution in [0, 0.1) is 12.8 Å². The molecule has 0 unspecified atom stereocenters. The van der Waals surface area contributed by atoms with E-state index in [0.29, 0.717) is 30.2 Å². The van der Waals surface area contributed by atoms with Gasteiger partial charge in [0.15, 0.2) is 6.10 Å². The van der Waals surface area contributed by atoms with Gasteiger partial charge >= 0.3 is 5.97 Å². The molecule has 2 atom stereocenters. The average Bonchev–Trinajstić information content (AvgIpc) is 2.58. The van der Waals surface area contributed by atoms with Crippen molar-refractivity contribution in [3.63, 3.8) is 0 Å². The molecule has 1 heterocycles. The predicted molar refractivity (Wildman–Crippen MR) is 95.4 cm³/mol. The van der Waals surface area contributed by atoms with Gasteiger partial charge in [0.2, 0.25) is 5.91 Å². The van der Waals surface area contributed by atoms with Gasteiger partial charge in [-0.3, -0.25) is 14.4 Å². The maximum Gasteiger partial charge on any atom is 0.311 e. The second-order valence-corrected chi connectivity index (χ2v) is 6.77. The summed E-state index contributed by atoms with van der Waals surface area (Å²) in [5, 5.41) is 3.23. The number of carbonyl (C=O) groups excluding carboxylic acids is 3. The predicted octanol–water partition coefficient (Wildman–Crippen LogP) is 2.78. The monoisotopic (exact) mass is 366 g/mol. The number of halogens is 1. The van der Waals surface area contributed by atoms with E-state index in [9.17, 15) is 14.4 Å². The van der Waals surface area contributed by atoms with Crippen LogP contribution in [0.3, 0.4) is 0 Å². The highest BCUT2D eigenvalue weighted by molar-refractivity contribution is 6.31. The van der Waals surface area contributed by atoms with Crippen LogP contribution < -0.4 is 5.32 Å². The van der Waals surface area contributed by atoms with Crippen molar-refractivity contribution in [2.45, 2.75) is 39.7 Å². The van der Waals surface area contributed by atoms with Crippen LogP contribution in [0.25, 0.3) is 0 Å². The minimum atomic E-state index is -0.932. The van der Waals surface area contributed by atoms with Crippen LogP contribution in [-0.4, -0.2) is 41.9 Å². The van der Waals surface area contributed by atoms with Crippen LogP contribution in [-0.2, 0) is 19.1 Å². The van der Waals surface area contributed by atoms with Crippen LogP contribution in [0.1, 0.15) is 32.3 Å². The van der Waals surface area contributed by atoms with Crippen molar-refractivity contribution >= 4 is 35.1 Å². The number of hydrogen-bond donors (Lipinski definition) is 1. The average molecular weight is 367 g/mol. The summed E-state index contributed by atoms with van der Waals surface area (Å²) >= 11 is 5.94. The van der Waals surface area contributed by atoms with Gasteiger partial charge < -0.3 is 15.0 Å². The minimum Gasteiger partial charge on any atom is -0.452 e. The lowest BCUT2D eigenvalue weighted by atomic mass is 9.98. The van der Waals surface area contributed by atoms with Crippen LogP contribution >= 0.6 is 11.6 Å². The number of likely N-dealkylation sites (tertiary alicyclic amines) is 1. The molecule has 2 rings (SSSR count). The molecule has 7 heteroatoms. The van der Waals surface area contributed by atoms with Crippen molar-refractivity contribution in [3.8, 4) is 0 Å². The number of aryl methyl sites for hydroxylation is 1. The molecule has 2 amide bonds. The second-order valence-electron chi connectivity index (χ2n) is 6.33. The molecule has 1 aliphatic rings. The number of esters is 1. The summed E-state index contributed by atoms with van der Waals surface area (Å²) in [6.07, 6.45) is 0.477.